The van der Waals surface area contributed by atoms with Gasteiger partial charge in [0, 0.05) is 3.57 Å². The van der Waals surface area contributed by atoms with Gasteiger partial charge >= 0.3 is 0 Å². The third kappa shape index (κ3) is 2.99. The molecular formula is C15H23I. The molecule has 0 fully saturated rings. The Morgan fingerprint density at radius 1 is 0.875 bits per heavy atom. The Morgan fingerprint density at radius 2 is 1.38 bits per heavy atom. The van der Waals surface area contributed by atoms with Crippen molar-refractivity contribution in [2.45, 2.75) is 59.3 Å². The van der Waals surface area contributed by atoms with Crippen LogP contribution in [0.1, 0.15) is 58.2 Å². The normalized spacial score (nSPS) is 13.0. The lowest BCUT2D eigenvalue weighted by atomic mass is 9.80. The third-order valence-electron chi connectivity index (χ3n) is 2.90. The summed E-state index contributed by atoms with van der Waals surface area (Å²) < 4.78 is 1.40. The fourth-order valence-electron chi connectivity index (χ4n) is 2.13. The first-order chi connectivity index (χ1) is 7.03. The molecule has 0 unspecified atom stereocenters. The van der Waals surface area contributed by atoms with Crippen molar-refractivity contribution < 1.29 is 0 Å². The summed E-state index contributed by atoms with van der Waals surface area (Å²) in [5.74, 6) is 0. The summed E-state index contributed by atoms with van der Waals surface area (Å²) in [5.41, 5.74) is 4.81. The summed E-state index contributed by atoms with van der Waals surface area (Å²) in [6.07, 6.45) is 0. The van der Waals surface area contributed by atoms with Gasteiger partial charge in [-0.1, -0.05) is 47.6 Å². The third-order valence-corrected chi connectivity index (χ3v) is 3.75. The SMILES string of the molecule is Cc1cc(C(C)(C)C)cc(I)c1C(C)(C)C. The van der Waals surface area contributed by atoms with Crippen molar-refractivity contribution in [1.82, 2.24) is 0 Å². The minimum absolute atomic E-state index is 0.233. The lowest BCUT2D eigenvalue weighted by molar-refractivity contribution is 0.570. The van der Waals surface area contributed by atoms with Crippen molar-refractivity contribution in [3.63, 3.8) is 0 Å². The van der Waals surface area contributed by atoms with Gasteiger partial charge in [0.2, 0.25) is 0 Å². The summed E-state index contributed by atoms with van der Waals surface area (Å²) in [7, 11) is 0. The van der Waals surface area contributed by atoms with E-state index in [2.05, 4.69) is 83.2 Å². The molecule has 90 valence electrons. The Balaban J connectivity index is 3.41. The molecule has 0 atom stereocenters. The van der Waals surface area contributed by atoms with Crippen molar-refractivity contribution >= 4 is 22.6 Å². The fraction of sp³-hybridized carbons (Fsp3) is 0.600. The van der Waals surface area contributed by atoms with Crippen LogP contribution in [0.25, 0.3) is 0 Å². The molecule has 1 aromatic carbocycles. The first-order valence-corrected chi connectivity index (χ1v) is 6.92. The molecule has 1 aromatic rings. The van der Waals surface area contributed by atoms with Gasteiger partial charge in [-0.05, 0) is 63.1 Å². The van der Waals surface area contributed by atoms with E-state index in [4.69, 9.17) is 0 Å². The number of hydrogen-bond donors (Lipinski definition) is 0. The molecule has 0 heterocycles. The summed E-state index contributed by atoms with van der Waals surface area (Å²) >= 11 is 2.48. The second-order valence-electron chi connectivity index (χ2n) is 6.65. The highest BCUT2D eigenvalue weighted by molar-refractivity contribution is 14.1. The van der Waals surface area contributed by atoms with Gasteiger partial charge in [-0.25, -0.2) is 0 Å². The molecule has 1 heteroatoms. The lowest BCUT2D eigenvalue weighted by Crippen LogP contribution is -2.18. The molecule has 0 saturated carbocycles. The van der Waals surface area contributed by atoms with Gasteiger partial charge in [0.25, 0.3) is 0 Å². The van der Waals surface area contributed by atoms with E-state index in [0.717, 1.165) is 0 Å². The van der Waals surface area contributed by atoms with Crippen LogP contribution in [-0.2, 0) is 10.8 Å². The Morgan fingerprint density at radius 3 is 1.69 bits per heavy atom. The first kappa shape index (κ1) is 14.0. The Bertz CT molecular complexity index is 366. The average Bonchev–Trinajstić information content (AvgIpc) is 1.97. The molecule has 0 saturated heterocycles. The summed E-state index contributed by atoms with van der Waals surface area (Å²) in [6.45, 7) is 15.9. The molecule has 0 aliphatic carbocycles. The molecule has 0 aliphatic rings. The van der Waals surface area contributed by atoms with Gasteiger partial charge in [0.05, 0.1) is 0 Å². The van der Waals surface area contributed by atoms with E-state index in [1.54, 1.807) is 0 Å². The van der Waals surface area contributed by atoms with Crippen LogP contribution in [0.2, 0.25) is 0 Å². The number of aryl methyl sites for hydroxylation is 1. The number of hydrogen-bond acceptors (Lipinski definition) is 0. The van der Waals surface area contributed by atoms with Crippen LogP contribution in [-0.4, -0.2) is 0 Å². The zero-order valence-corrected chi connectivity index (χ0v) is 13.7. The van der Waals surface area contributed by atoms with E-state index in [0.29, 0.717) is 0 Å². The first-order valence-electron chi connectivity index (χ1n) is 5.84. The topological polar surface area (TPSA) is 0 Å². The number of benzene rings is 1. The van der Waals surface area contributed by atoms with Crippen molar-refractivity contribution in [2.24, 2.45) is 0 Å². The zero-order chi connectivity index (χ0) is 12.7. The van der Waals surface area contributed by atoms with E-state index in [-0.39, 0.29) is 10.8 Å². The average molecular weight is 330 g/mol. The van der Waals surface area contributed by atoms with E-state index in [1.807, 2.05) is 0 Å². The predicted molar refractivity (Wildman–Crippen MR) is 81.3 cm³/mol. The molecule has 0 N–H and O–H groups in total. The largest absolute Gasteiger partial charge is 0.0561 e. The van der Waals surface area contributed by atoms with Gasteiger partial charge in [-0.2, -0.15) is 0 Å². The van der Waals surface area contributed by atoms with Crippen molar-refractivity contribution in [2.75, 3.05) is 0 Å². The highest BCUT2D eigenvalue weighted by atomic mass is 127. The van der Waals surface area contributed by atoms with Crippen LogP contribution in [0, 0.1) is 10.5 Å². The smallest absolute Gasteiger partial charge is 0.0173 e. The van der Waals surface area contributed by atoms with Crippen LogP contribution in [0.15, 0.2) is 12.1 Å². The van der Waals surface area contributed by atoms with E-state index < -0.39 is 0 Å². The monoisotopic (exact) mass is 330 g/mol. The van der Waals surface area contributed by atoms with Crippen molar-refractivity contribution in [1.29, 1.82) is 0 Å². The molecule has 1 rings (SSSR count). The summed E-state index contributed by atoms with van der Waals surface area (Å²) in [6, 6.07) is 4.69. The molecule has 0 radical (unpaired) electrons. The lowest BCUT2D eigenvalue weighted by Gasteiger charge is -2.27. The van der Waals surface area contributed by atoms with Crippen LogP contribution < -0.4 is 0 Å². The minimum atomic E-state index is 0.233. The highest BCUT2D eigenvalue weighted by Gasteiger charge is 2.22. The Hall–Kier alpha value is -0.0500. The number of rotatable bonds is 0. The van der Waals surface area contributed by atoms with Crippen molar-refractivity contribution in [3.8, 4) is 0 Å². The van der Waals surface area contributed by atoms with Gasteiger partial charge in [-0.3, -0.25) is 0 Å². The maximum Gasteiger partial charge on any atom is 0.0173 e. The molecule has 0 bridgehead atoms. The molecule has 0 aliphatic heterocycles. The molecule has 16 heavy (non-hydrogen) atoms. The molecular weight excluding hydrogens is 307 g/mol. The van der Waals surface area contributed by atoms with Gasteiger partial charge in [-0.15, -0.1) is 0 Å². The molecule has 0 amide bonds. The maximum absolute atomic E-state index is 2.48. The second kappa shape index (κ2) is 4.32. The van der Waals surface area contributed by atoms with E-state index in [1.165, 1.54) is 20.3 Å². The number of halogens is 1. The van der Waals surface area contributed by atoms with Crippen LogP contribution in [0.3, 0.4) is 0 Å². The molecule has 0 nitrogen and oxygen atoms in total. The van der Waals surface area contributed by atoms with Crippen LogP contribution in [0.5, 0.6) is 0 Å². The van der Waals surface area contributed by atoms with Crippen LogP contribution >= 0.6 is 22.6 Å². The van der Waals surface area contributed by atoms with Crippen molar-refractivity contribution in [3.05, 3.63) is 32.4 Å². The standard InChI is InChI=1S/C15H23I/c1-10-8-11(14(2,3)4)9-12(16)13(10)15(5,6)7/h8-9H,1-7H3. The Kier molecular flexibility index (Phi) is 3.78. The van der Waals surface area contributed by atoms with Gasteiger partial charge < -0.3 is 0 Å². The Labute approximate surface area is 114 Å². The van der Waals surface area contributed by atoms with E-state index >= 15 is 0 Å². The summed E-state index contributed by atoms with van der Waals surface area (Å²) in [5, 5.41) is 0. The zero-order valence-electron chi connectivity index (χ0n) is 11.5. The molecule has 0 spiro atoms. The minimum Gasteiger partial charge on any atom is -0.0561 e. The second-order valence-corrected chi connectivity index (χ2v) is 7.81. The highest BCUT2D eigenvalue weighted by Crippen LogP contribution is 2.34. The maximum atomic E-state index is 2.48. The predicted octanol–water partition coefficient (Wildman–Crippen LogP) is 5.19. The van der Waals surface area contributed by atoms with Gasteiger partial charge in [0.1, 0.15) is 0 Å². The van der Waals surface area contributed by atoms with E-state index in [9.17, 15) is 0 Å². The summed E-state index contributed by atoms with van der Waals surface area (Å²) in [4.78, 5) is 0. The van der Waals surface area contributed by atoms with Gasteiger partial charge in [0.15, 0.2) is 0 Å². The molecule has 0 aromatic heterocycles. The quantitative estimate of drug-likeness (QED) is 0.574. The van der Waals surface area contributed by atoms with Crippen LogP contribution in [0.4, 0.5) is 0 Å². The fourth-order valence-corrected chi connectivity index (χ4v) is 3.70.